The molecule has 1 aromatic rings. The maximum atomic E-state index is 2.50. The summed E-state index contributed by atoms with van der Waals surface area (Å²) < 4.78 is 0. The van der Waals surface area contributed by atoms with Gasteiger partial charge in [0.15, 0.2) is 0 Å². The highest BCUT2D eigenvalue weighted by Crippen LogP contribution is 2.36. The van der Waals surface area contributed by atoms with E-state index in [0.717, 1.165) is 17.8 Å². The molecule has 0 N–H and O–H groups in total. The molecule has 0 radical (unpaired) electrons. The first kappa shape index (κ1) is 15.6. The van der Waals surface area contributed by atoms with Crippen LogP contribution >= 0.6 is 0 Å². The normalized spacial score (nSPS) is 24.5. The molecule has 0 aromatic heterocycles. The average Bonchev–Trinajstić information content (AvgIpc) is 2.49. The third kappa shape index (κ3) is 4.96. The molecule has 0 amide bonds. The van der Waals surface area contributed by atoms with E-state index < -0.39 is 0 Å². The van der Waals surface area contributed by atoms with Gasteiger partial charge in [-0.2, -0.15) is 0 Å². The van der Waals surface area contributed by atoms with Crippen LogP contribution in [0.5, 0.6) is 0 Å². The summed E-state index contributed by atoms with van der Waals surface area (Å²) in [5.41, 5.74) is 1.51. The van der Waals surface area contributed by atoms with Crippen molar-refractivity contribution in [1.29, 1.82) is 0 Å². The third-order valence-electron chi connectivity index (χ3n) is 5.36. The molecule has 20 heavy (non-hydrogen) atoms. The minimum Gasteiger partial charge on any atom is -0.0654 e. The highest BCUT2D eigenvalue weighted by molar-refractivity contribution is 5.14. The summed E-state index contributed by atoms with van der Waals surface area (Å²) in [6, 6.07) is 11.0. The van der Waals surface area contributed by atoms with E-state index in [0.29, 0.717) is 0 Å². The zero-order valence-electron chi connectivity index (χ0n) is 13.5. The number of rotatable bonds is 7. The molecule has 1 saturated carbocycles. The fourth-order valence-electron chi connectivity index (χ4n) is 3.96. The number of hydrogen-bond acceptors (Lipinski definition) is 0. The van der Waals surface area contributed by atoms with E-state index in [1.165, 1.54) is 63.4 Å². The fraction of sp³-hybridized carbons (Fsp3) is 0.700. The highest BCUT2D eigenvalue weighted by Gasteiger charge is 2.24. The second-order valence-corrected chi connectivity index (χ2v) is 6.92. The molecule has 1 aromatic carbocycles. The van der Waals surface area contributed by atoms with Gasteiger partial charge < -0.3 is 0 Å². The van der Waals surface area contributed by atoms with Gasteiger partial charge >= 0.3 is 0 Å². The largest absolute Gasteiger partial charge is 0.0654 e. The van der Waals surface area contributed by atoms with Crippen LogP contribution < -0.4 is 0 Å². The van der Waals surface area contributed by atoms with E-state index in [2.05, 4.69) is 44.2 Å². The van der Waals surface area contributed by atoms with Crippen LogP contribution in [0.1, 0.15) is 70.8 Å². The van der Waals surface area contributed by atoms with Gasteiger partial charge in [-0.25, -0.2) is 0 Å². The Morgan fingerprint density at radius 3 is 2.40 bits per heavy atom. The first-order valence-corrected chi connectivity index (χ1v) is 8.83. The second kappa shape index (κ2) is 8.49. The molecule has 1 aliphatic rings. The number of aryl methyl sites for hydroxylation is 1. The molecular weight excluding hydrogens is 240 g/mol. The molecule has 0 aliphatic heterocycles. The Labute approximate surface area is 126 Å². The van der Waals surface area contributed by atoms with Crippen LogP contribution in [0.2, 0.25) is 0 Å². The zero-order chi connectivity index (χ0) is 14.2. The summed E-state index contributed by atoms with van der Waals surface area (Å²) in [6.07, 6.45) is 12.9. The molecule has 0 spiro atoms. The molecule has 0 nitrogen and oxygen atoms in total. The Hall–Kier alpha value is -0.780. The van der Waals surface area contributed by atoms with Crippen molar-refractivity contribution in [2.75, 3.05) is 0 Å². The predicted molar refractivity (Wildman–Crippen MR) is 88.9 cm³/mol. The van der Waals surface area contributed by atoms with Crippen LogP contribution in [0.3, 0.4) is 0 Å². The Balaban J connectivity index is 1.64. The molecule has 0 heterocycles. The molecule has 112 valence electrons. The summed E-state index contributed by atoms with van der Waals surface area (Å²) in [4.78, 5) is 0. The molecule has 1 atom stereocenters. The molecule has 0 bridgehead atoms. The van der Waals surface area contributed by atoms with Gasteiger partial charge in [0, 0.05) is 0 Å². The van der Waals surface area contributed by atoms with E-state index >= 15 is 0 Å². The fourth-order valence-corrected chi connectivity index (χ4v) is 3.96. The maximum Gasteiger partial charge on any atom is -0.0279 e. The van der Waals surface area contributed by atoms with E-state index in [-0.39, 0.29) is 0 Å². The number of hydrogen-bond donors (Lipinski definition) is 0. The lowest BCUT2D eigenvalue weighted by molar-refractivity contribution is 0.198. The summed E-state index contributed by atoms with van der Waals surface area (Å²) in [7, 11) is 0. The van der Waals surface area contributed by atoms with Gasteiger partial charge in [-0.3, -0.25) is 0 Å². The van der Waals surface area contributed by atoms with Crippen molar-refractivity contribution in [3.63, 3.8) is 0 Å². The Morgan fingerprint density at radius 2 is 1.75 bits per heavy atom. The minimum atomic E-state index is 0.932. The molecular formula is C20H32. The maximum absolute atomic E-state index is 2.50. The van der Waals surface area contributed by atoms with Crippen molar-refractivity contribution in [3.05, 3.63) is 35.9 Å². The Kier molecular flexibility index (Phi) is 6.63. The van der Waals surface area contributed by atoms with Crippen molar-refractivity contribution in [3.8, 4) is 0 Å². The number of benzene rings is 1. The lowest BCUT2D eigenvalue weighted by atomic mass is 9.74. The van der Waals surface area contributed by atoms with Crippen molar-refractivity contribution in [2.24, 2.45) is 17.8 Å². The van der Waals surface area contributed by atoms with Gasteiger partial charge in [-0.1, -0.05) is 76.3 Å². The van der Waals surface area contributed by atoms with Crippen LogP contribution in [0.15, 0.2) is 30.3 Å². The standard InChI is InChI=1S/C20H32/c1-3-8-18-13-15-20(16-14-18)17(2)9-7-12-19-10-5-4-6-11-19/h4-6,10-11,17-18,20H,3,7-9,12-16H2,1-2H3. The van der Waals surface area contributed by atoms with Crippen LogP contribution in [0.25, 0.3) is 0 Å². The lowest BCUT2D eigenvalue weighted by Gasteiger charge is -2.32. The van der Waals surface area contributed by atoms with Gasteiger partial charge in [-0.15, -0.1) is 0 Å². The van der Waals surface area contributed by atoms with Gasteiger partial charge in [0.2, 0.25) is 0 Å². The summed E-state index contributed by atoms with van der Waals surface area (Å²) >= 11 is 0. The van der Waals surface area contributed by atoms with Gasteiger partial charge in [0.05, 0.1) is 0 Å². The van der Waals surface area contributed by atoms with E-state index in [1.807, 2.05) is 0 Å². The first-order chi connectivity index (χ1) is 9.79. The third-order valence-corrected chi connectivity index (χ3v) is 5.36. The van der Waals surface area contributed by atoms with Crippen molar-refractivity contribution in [2.45, 2.75) is 71.6 Å². The molecule has 0 heteroatoms. The smallest absolute Gasteiger partial charge is 0.0279 e. The molecule has 1 fully saturated rings. The summed E-state index contributed by atoms with van der Waals surface area (Å²) in [6.45, 7) is 4.83. The average molecular weight is 272 g/mol. The van der Waals surface area contributed by atoms with E-state index in [1.54, 1.807) is 0 Å². The monoisotopic (exact) mass is 272 g/mol. The SMILES string of the molecule is CCCC1CCC(C(C)CCCc2ccccc2)CC1. The van der Waals surface area contributed by atoms with Gasteiger partial charge in [0.25, 0.3) is 0 Å². The second-order valence-electron chi connectivity index (χ2n) is 6.92. The van der Waals surface area contributed by atoms with Crippen LogP contribution in [-0.2, 0) is 6.42 Å². The molecule has 2 rings (SSSR count). The van der Waals surface area contributed by atoms with Crippen LogP contribution in [0, 0.1) is 17.8 Å². The van der Waals surface area contributed by atoms with Crippen LogP contribution in [0.4, 0.5) is 0 Å². The molecule has 1 aliphatic carbocycles. The van der Waals surface area contributed by atoms with Crippen LogP contribution in [-0.4, -0.2) is 0 Å². The lowest BCUT2D eigenvalue weighted by Crippen LogP contribution is -2.20. The van der Waals surface area contributed by atoms with Crippen molar-refractivity contribution >= 4 is 0 Å². The Morgan fingerprint density at radius 1 is 1.05 bits per heavy atom. The first-order valence-electron chi connectivity index (χ1n) is 8.83. The minimum absolute atomic E-state index is 0.932. The predicted octanol–water partition coefficient (Wildman–Crippen LogP) is 6.25. The topological polar surface area (TPSA) is 0 Å². The van der Waals surface area contributed by atoms with Crippen molar-refractivity contribution in [1.82, 2.24) is 0 Å². The summed E-state index contributed by atoms with van der Waals surface area (Å²) in [5, 5.41) is 0. The molecule has 0 saturated heterocycles. The highest BCUT2D eigenvalue weighted by atomic mass is 14.3. The molecule has 1 unspecified atom stereocenters. The van der Waals surface area contributed by atoms with Gasteiger partial charge in [0.1, 0.15) is 0 Å². The van der Waals surface area contributed by atoms with E-state index in [9.17, 15) is 0 Å². The summed E-state index contributed by atoms with van der Waals surface area (Å²) in [5.74, 6) is 2.99. The quantitative estimate of drug-likeness (QED) is 0.550. The van der Waals surface area contributed by atoms with E-state index in [4.69, 9.17) is 0 Å². The van der Waals surface area contributed by atoms with Crippen molar-refractivity contribution < 1.29 is 0 Å². The zero-order valence-corrected chi connectivity index (χ0v) is 13.5. The Bertz CT molecular complexity index is 346. The van der Waals surface area contributed by atoms with Gasteiger partial charge in [-0.05, 0) is 49.0 Å².